The molecule has 1 aromatic carbocycles. The Bertz CT molecular complexity index is 548. The number of aliphatic hydroxyl groups is 1. The zero-order valence-electron chi connectivity index (χ0n) is 11.9. The van der Waals surface area contributed by atoms with E-state index < -0.39 is 4.92 Å². The lowest BCUT2D eigenvalue weighted by Gasteiger charge is -2.35. The van der Waals surface area contributed by atoms with Crippen molar-refractivity contribution in [2.24, 2.45) is 0 Å². The molecule has 0 amide bonds. The quantitative estimate of drug-likeness (QED) is 0.664. The third-order valence-corrected chi connectivity index (χ3v) is 3.97. The maximum absolute atomic E-state index is 11.2. The number of nitro benzene ring substituents is 1. The molecule has 21 heavy (non-hydrogen) atoms. The lowest BCUT2D eigenvalue weighted by molar-refractivity contribution is -0.384. The molecule has 112 valence electrons. The van der Waals surface area contributed by atoms with E-state index in [2.05, 4.69) is 0 Å². The highest BCUT2D eigenvalue weighted by molar-refractivity contribution is 5.66. The van der Waals surface area contributed by atoms with E-state index in [9.17, 15) is 15.2 Å². The van der Waals surface area contributed by atoms with Crippen molar-refractivity contribution >= 4 is 11.4 Å². The molecule has 6 heteroatoms. The fraction of sp³-hybridized carbons (Fsp3) is 0.533. The predicted octanol–water partition coefficient (Wildman–Crippen LogP) is 2.60. The first-order chi connectivity index (χ1) is 10.2. The molecule has 1 N–H and O–H groups in total. The van der Waals surface area contributed by atoms with Crippen LogP contribution in [0.5, 0.6) is 0 Å². The van der Waals surface area contributed by atoms with Crippen molar-refractivity contribution in [1.29, 1.82) is 5.26 Å². The van der Waals surface area contributed by atoms with Gasteiger partial charge in [-0.1, -0.05) is 19.3 Å². The van der Waals surface area contributed by atoms with Gasteiger partial charge in [-0.3, -0.25) is 10.1 Å². The van der Waals surface area contributed by atoms with Gasteiger partial charge in [-0.2, -0.15) is 5.26 Å². The molecule has 2 rings (SSSR count). The monoisotopic (exact) mass is 289 g/mol. The second-order valence-corrected chi connectivity index (χ2v) is 5.28. The molecule has 0 radical (unpaired) electrons. The van der Waals surface area contributed by atoms with Crippen LogP contribution in [0, 0.1) is 21.4 Å². The maximum atomic E-state index is 11.2. The average molecular weight is 289 g/mol. The van der Waals surface area contributed by atoms with E-state index in [1.54, 1.807) is 6.07 Å². The van der Waals surface area contributed by atoms with Crippen molar-refractivity contribution in [2.45, 2.75) is 38.1 Å². The highest BCUT2D eigenvalue weighted by atomic mass is 16.6. The van der Waals surface area contributed by atoms with Gasteiger partial charge in [-0.15, -0.1) is 0 Å². The number of aliphatic hydroxyl groups excluding tert-OH is 1. The number of rotatable bonds is 5. The molecule has 0 heterocycles. The minimum Gasteiger partial charge on any atom is -0.395 e. The lowest BCUT2D eigenvalue weighted by Crippen LogP contribution is -2.39. The molecule has 6 nitrogen and oxygen atoms in total. The molecule has 1 aliphatic carbocycles. The minimum atomic E-state index is -0.427. The fourth-order valence-corrected chi connectivity index (χ4v) is 2.98. The topological polar surface area (TPSA) is 90.4 Å². The van der Waals surface area contributed by atoms with E-state index >= 15 is 0 Å². The largest absolute Gasteiger partial charge is 0.395 e. The van der Waals surface area contributed by atoms with Gasteiger partial charge in [0.25, 0.3) is 5.69 Å². The smallest absolute Gasteiger partial charge is 0.292 e. The standard InChI is InChI=1S/C15H19N3O3/c16-11-12-6-7-14(18(20)21)15(10-12)17(8-9-19)13-4-2-1-3-5-13/h6-7,10,13,19H,1-5,8-9H2. The SMILES string of the molecule is N#Cc1ccc([N+](=O)[O-])c(N(CCO)C2CCCCC2)c1. The predicted molar refractivity (Wildman–Crippen MR) is 79.1 cm³/mol. The van der Waals surface area contributed by atoms with Crippen molar-refractivity contribution in [3.63, 3.8) is 0 Å². The first-order valence-electron chi connectivity index (χ1n) is 7.23. The Kier molecular flexibility index (Phi) is 5.12. The number of anilines is 1. The minimum absolute atomic E-state index is 0.00646. The number of hydrogen-bond acceptors (Lipinski definition) is 5. The summed E-state index contributed by atoms with van der Waals surface area (Å²) in [6.07, 6.45) is 5.31. The van der Waals surface area contributed by atoms with Crippen LogP contribution in [0.1, 0.15) is 37.7 Å². The number of benzene rings is 1. The van der Waals surface area contributed by atoms with Gasteiger partial charge >= 0.3 is 0 Å². The Morgan fingerprint density at radius 1 is 1.38 bits per heavy atom. The fourth-order valence-electron chi connectivity index (χ4n) is 2.98. The molecule has 0 saturated heterocycles. The summed E-state index contributed by atoms with van der Waals surface area (Å²) < 4.78 is 0. The zero-order valence-corrected chi connectivity index (χ0v) is 11.9. The van der Waals surface area contributed by atoms with Crippen LogP contribution in [0.15, 0.2) is 18.2 Å². The van der Waals surface area contributed by atoms with E-state index in [0.29, 0.717) is 17.8 Å². The lowest BCUT2D eigenvalue weighted by atomic mass is 9.93. The number of nitriles is 1. The van der Waals surface area contributed by atoms with Crippen LogP contribution in [0.25, 0.3) is 0 Å². The van der Waals surface area contributed by atoms with Crippen LogP contribution in [-0.4, -0.2) is 29.2 Å². The normalized spacial score (nSPS) is 15.4. The van der Waals surface area contributed by atoms with Gasteiger partial charge in [0, 0.05) is 18.7 Å². The van der Waals surface area contributed by atoms with Gasteiger partial charge in [-0.05, 0) is 25.0 Å². The molecular weight excluding hydrogens is 270 g/mol. The highest BCUT2D eigenvalue weighted by Gasteiger charge is 2.27. The Labute approximate surface area is 123 Å². The Hall–Kier alpha value is -2.13. The van der Waals surface area contributed by atoms with Crippen LogP contribution in [0.4, 0.5) is 11.4 Å². The third kappa shape index (κ3) is 3.50. The Morgan fingerprint density at radius 3 is 2.67 bits per heavy atom. The second kappa shape index (κ2) is 7.04. The molecule has 1 aromatic rings. The molecule has 0 spiro atoms. The zero-order chi connectivity index (χ0) is 15.2. The van der Waals surface area contributed by atoms with Gasteiger partial charge < -0.3 is 10.0 Å². The average Bonchev–Trinajstić information content (AvgIpc) is 2.52. The molecule has 1 fully saturated rings. The van der Waals surface area contributed by atoms with E-state index in [-0.39, 0.29) is 18.3 Å². The van der Waals surface area contributed by atoms with Crippen LogP contribution in [0.3, 0.4) is 0 Å². The first-order valence-corrected chi connectivity index (χ1v) is 7.23. The molecular formula is C15H19N3O3. The van der Waals surface area contributed by atoms with Crippen LogP contribution < -0.4 is 4.90 Å². The summed E-state index contributed by atoms with van der Waals surface area (Å²) in [7, 11) is 0. The number of hydrogen-bond donors (Lipinski definition) is 1. The van der Waals surface area contributed by atoms with Gasteiger partial charge in [0.05, 0.1) is 23.2 Å². The van der Waals surface area contributed by atoms with Crippen molar-refractivity contribution in [2.75, 3.05) is 18.1 Å². The Balaban J connectivity index is 2.42. The maximum Gasteiger partial charge on any atom is 0.292 e. The van der Waals surface area contributed by atoms with E-state index in [1.165, 1.54) is 18.6 Å². The van der Waals surface area contributed by atoms with E-state index in [1.807, 2.05) is 11.0 Å². The summed E-state index contributed by atoms with van der Waals surface area (Å²) in [6.45, 7) is 0.283. The molecule has 0 aliphatic heterocycles. The molecule has 0 atom stereocenters. The molecule has 1 saturated carbocycles. The van der Waals surface area contributed by atoms with Gasteiger partial charge in [0.2, 0.25) is 0 Å². The van der Waals surface area contributed by atoms with Gasteiger partial charge in [0.15, 0.2) is 0 Å². The van der Waals surface area contributed by atoms with Crippen LogP contribution in [0.2, 0.25) is 0 Å². The van der Waals surface area contributed by atoms with E-state index in [4.69, 9.17) is 5.26 Å². The van der Waals surface area contributed by atoms with Crippen molar-refractivity contribution in [3.8, 4) is 6.07 Å². The summed E-state index contributed by atoms with van der Waals surface area (Å²) in [5.41, 5.74) is 0.836. The molecule has 0 bridgehead atoms. The third-order valence-electron chi connectivity index (χ3n) is 3.97. The van der Waals surface area contributed by atoms with Crippen LogP contribution in [-0.2, 0) is 0 Å². The van der Waals surface area contributed by atoms with E-state index in [0.717, 1.165) is 25.7 Å². The summed E-state index contributed by atoms with van der Waals surface area (Å²) in [4.78, 5) is 12.7. The molecule has 1 aliphatic rings. The summed E-state index contributed by atoms with van der Waals surface area (Å²) in [6, 6.07) is 6.61. The van der Waals surface area contributed by atoms with Crippen molar-refractivity contribution in [1.82, 2.24) is 0 Å². The highest BCUT2D eigenvalue weighted by Crippen LogP contribution is 2.34. The Morgan fingerprint density at radius 2 is 2.10 bits per heavy atom. The first kappa shape index (κ1) is 15.3. The van der Waals surface area contributed by atoms with Gasteiger partial charge in [0.1, 0.15) is 5.69 Å². The van der Waals surface area contributed by atoms with Crippen molar-refractivity contribution in [3.05, 3.63) is 33.9 Å². The van der Waals surface area contributed by atoms with Crippen molar-refractivity contribution < 1.29 is 10.0 Å². The second-order valence-electron chi connectivity index (χ2n) is 5.28. The summed E-state index contributed by atoms with van der Waals surface area (Å²) >= 11 is 0. The number of nitro groups is 1. The summed E-state index contributed by atoms with van der Waals surface area (Å²) in [5, 5.41) is 29.6. The van der Waals surface area contributed by atoms with Crippen LogP contribution >= 0.6 is 0 Å². The molecule has 0 aromatic heterocycles. The number of nitrogens with zero attached hydrogens (tertiary/aromatic N) is 3. The molecule has 0 unspecified atom stereocenters. The summed E-state index contributed by atoms with van der Waals surface area (Å²) in [5.74, 6) is 0. The van der Waals surface area contributed by atoms with Gasteiger partial charge in [-0.25, -0.2) is 0 Å².